The summed E-state index contributed by atoms with van der Waals surface area (Å²) in [4.78, 5) is 13.9. The Balaban J connectivity index is 1.96. The van der Waals surface area contributed by atoms with Gasteiger partial charge in [0.2, 0.25) is 5.91 Å². The largest absolute Gasteiger partial charge is 0.508 e. The van der Waals surface area contributed by atoms with Crippen LogP contribution in [-0.4, -0.2) is 27.8 Å². The summed E-state index contributed by atoms with van der Waals surface area (Å²) in [6, 6.07) is 5.44. The smallest absolute Gasteiger partial charge is 0.222 e. The van der Waals surface area contributed by atoms with E-state index in [1.807, 2.05) is 11.0 Å². The van der Waals surface area contributed by atoms with Gasteiger partial charge in [0.15, 0.2) is 0 Å². The van der Waals surface area contributed by atoms with Gasteiger partial charge in [0.05, 0.1) is 0 Å². The third-order valence-corrected chi connectivity index (χ3v) is 3.89. The minimum Gasteiger partial charge on any atom is -0.508 e. The number of hydrogen-bond donors (Lipinski definition) is 1. The second kappa shape index (κ2) is 6.23. The second-order valence-electron chi connectivity index (χ2n) is 4.66. The standard InChI is InChI=1S/C14H18BrNO2/c15-7-2-1-3-14(18)16-8-6-11-4-5-13(17)9-12(11)10-16/h4-5,9,17H,1-3,6-8,10H2. The molecule has 0 saturated heterocycles. The SMILES string of the molecule is O=C(CCCCBr)N1CCc2ccc(O)cc2C1. The molecule has 98 valence electrons. The molecule has 1 N–H and O–H groups in total. The van der Waals surface area contributed by atoms with Crippen LogP contribution in [0.15, 0.2) is 18.2 Å². The van der Waals surface area contributed by atoms with Gasteiger partial charge in [-0.15, -0.1) is 0 Å². The van der Waals surface area contributed by atoms with E-state index in [4.69, 9.17) is 0 Å². The van der Waals surface area contributed by atoms with Crippen LogP contribution in [-0.2, 0) is 17.8 Å². The molecule has 0 saturated carbocycles. The van der Waals surface area contributed by atoms with Crippen molar-refractivity contribution in [1.29, 1.82) is 0 Å². The summed E-state index contributed by atoms with van der Waals surface area (Å²) >= 11 is 3.37. The Morgan fingerprint density at radius 2 is 2.17 bits per heavy atom. The van der Waals surface area contributed by atoms with Crippen molar-refractivity contribution in [3.8, 4) is 5.75 Å². The van der Waals surface area contributed by atoms with E-state index in [-0.39, 0.29) is 11.7 Å². The quantitative estimate of drug-likeness (QED) is 0.686. The third-order valence-electron chi connectivity index (χ3n) is 3.33. The molecule has 0 spiro atoms. The summed E-state index contributed by atoms with van der Waals surface area (Å²) in [6.45, 7) is 1.43. The molecule has 0 unspecified atom stereocenters. The molecular formula is C14H18BrNO2. The zero-order valence-electron chi connectivity index (χ0n) is 10.4. The van der Waals surface area contributed by atoms with Crippen molar-refractivity contribution < 1.29 is 9.90 Å². The Morgan fingerprint density at radius 3 is 2.94 bits per heavy atom. The number of rotatable bonds is 4. The lowest BCUT2D eigenvalue weighted by atomic mass is 9.99. The first-order valence-electron chi connectivity index (χ1n) is 6.35. The molecule has 0 bridgehead atoms. The van der Waals surface area contributed by atoms with Crippen LogP contribution in [0.4, 0.5) is 0 Å². The first-order chi connectivity index (χ1) is 8.70. The van der Waals surface area contributed by atoms with E-state index in [2.05, 4.69) is 15.9 Å². The van der Waals surface area contributed by atoms with Crippen LogP contribution in [0.1, 0.15) is 30.4 Å². The van der Waals surface area contributed by atoms with Crippen molar-refractivity contribution in [2.24, 2.45) is 0 Å². The summed E-state index contributed by atoms with van der Waals surface area (Å²) in [5.74, 6) is 0.507. The summed E-state index contributed by atoms with van der Waals surface area (Å²) < 4.78 is 0. The normalized spacial score (nSPS) is 14.4. The molecule has 3 nitrogen and oxygen atoms in total. The Hall–Kier alpha value is -1.03. The number of phenols is 1. The van der Waals surface area contributed by atoms with Crippen molar-refractivity contribution in [2.75, 3.05) is 11.9 Å². The van der Waals surface area contributed by atoms with Crippen LogP contribution < -0.4 is 0 Å². The fraction of sp³-hybridized carbons (Fsp3) is 0.500. The van der Waals surface area contributed by atoms with Crippen molar-refractivity contribution in [3.05, 3.63) is 29.3 Å². The highest BCUT2D eigenvalue weighted by Crippen LogP contribution is 2.23. The van der Waals surface area contributed by atoms with Gasteiger partial charge in [0.25, 0.3) is 0 Å². The molecule has 1 heterocycles. The molecule has 1 aromatic carbocycles. The molecule has 0 atom stereocenters. The van der Waals surface area contributed by atoms with Crippen LogP contribution >= 0.6 is 15.9 Å². The number of nitrogens with zero attached hydrogens (tertiary/aromatic N) is 1. The Bertz CT molecular complexity index is 434. The van der Waals surface area contributed by atoms with Crippen molar-refractivity contribution >= 4 is 21.8 Å². The number of carbonyl (C=O) groups excluding carboxylic acids is 1. The zero-order chi connectivity index (χ0) is 13.0. The second-order valence-corrected chi connectivity index (χ2v) is 5.46. The number of aromatic hydroxyl groups is 1. The average Bonchev–Trinajstić information content (AvgIpc) is 2.38. The Morgan fingerprint density at radius 1 is 1.33 bits per heavy atom. The molecule has 2 rings (SSSR count). The highest BCUT2D eigenvalue weighted by Gasteiger charge is 2.20. The van der Waals surface area contributed by atoms with Gasteiger partial charge in [-0.3, -0.25) is 4.79 Å². The lowest BCUT2D eigenvalue weighted by molar-refractivity contribution is -0.132. The van der Waals surface area contributed by atoms with Gasteiger partial charge >= 0.3 is 0 Å². The van der Waals surface area contributed by atoms with Crippen molar-refractivity contribution in [2.45, 2.75) is 32.2 Å². The third kappa shape index (κ3) is 3.25. The van der Waals surface area contributed by atoms with Gasteiger partial charge in [-0.05, 0) is 42.5 Å². The minimum absolute atomic E-state index is 0.227. The minimum atomic E-state index is 0.227. The molecule has 0 fully saturated rings. The van der Waals surface area contributed by atoms with Gasteiger partial charge in [-0.25, -0.2) is 0 Å². The number of benzene rings is 1. The van der Waals surface area contributed by atoms with Gasteiger partial charge in [-0.2, -0.15) is 0 Å². The average molecular weight is 312 g/mol. The first-order valence-corrected chi connectivity index (χ1v) is 7.47. The van der Waals surface area contributed by atoms with Crippen LogP contribution in [0.5, 0.6) is 5.75 Å². The molecule has 0 aromatic heterocycles. The summed E-state index contributed by atoms with van der Waals surface area (Å²) in [6.07, 6.45) is 3.49. The van der Waals surface area contributed by atoms with Crippen LogP contribution in [0, 0.1) is 0 Å². The number of carbonyl (C=O) groups is 1. The number of fused-ring (bicyclic) bond motifs is 1. The fourth-order valence-electron chi connectivity index (χ4n) is 2.29. The molecule has 18 heavy (non-hydrogen) atoms. The highest BCUT2D eigenvalue weighted by molar-refractivity contribution is 9.09. The van der Waals surface area contributed by atoms with Crippen molar-refractivity contribution in [3.63, 3.8) is 0 Å². The molecule has 4 heteroatoms. The lowest BCUT2D eigenvalue weighted by Crippen LogP contribution is -2.35. The summed E-state index contributed by atoms with van der Waals surface area (Å²) in [5, 5.41) is 10.4. The summed E-state index contributed by atoms with van der Waals surface area (Å²) in [7, 11) is 0. The highest BCUT2D eigenvalue weighted by atomic mass is 79.9. The monoisotopic (exact) mass is 311 g/mol. The van der Waals surface area contributed by atoms with Crippen LogP contribution in [0.25, 0.3) is 0 Å². The number of unbranched alkanes of at least 4 members (excludes halogenated alkanes) is 1. The maximum Gasteiger partial charge on any atom is 0.222 e. The van der Waals surface area contributed by atoms with Crippen molar-refractivity contribution in [1.82, 2.24) is 4.90 Å². The van der Waals surface area contributed by atoms with E-state index < -0.39 is 0 Å². The van der Waals surface area contributed by atoms with Gasteiger partial charge in [0, 0.05) is 24.8 Å². The van der Waals surface area contributed by atoms with E-state index in [1.54, 1.807) is 12.1 Å². The van der Waals surface area contributed by atoms with Crippen LogP contribution in [0.2, 0.25) is 0 Å². The lowest BCUT2D eigenvalue weighted by Gasteiger charge is -2.29. The molecule has 0 aliphatic carbocycles. The zero-order valence-corrected chi connectivity index (χ0v) is 11.9. The predicted molar refractivity (Wildman–Crippen MR) is 74.9 cm³/mol. The van der Waals surface area contributed by atoms with E-state index in [0.717, 1.165) is 36.7 Å². The maximum absolute atomic E-state index is 12.0. The van der Waals surface area contributed by atoms with E-state index in [9.17, 15) is 9.90 Å². The molecular weight excluding hydrogens is 294 g/mol. The van der Waals surface area contributed by atoms with Crippen LogP contribution in [0.3, 0.4) is 0 Å². The number of halogens is 1. The number of alkyl halides is 1. The number of hydrogen-bond acceptors (Lipinski definition) is 2. The van der Waals surface area contributed by atoms with E-state index in [0.29, 0.717) is 13.0 Å². The van der Waals surface area contributed by atoms with Gasteiger partial charge < -0.3 is 10.0 Å². The predicted octanol–water partition coefficient (Wildman–Crippen LogP) is 2.84. The molecule has 1 amide bonds. The number of phenolic OH excluding ortho intramolecular Hbond substituents is 1. The molecule has 1 aliphatic heterocycles. The van der Waals surface area contributed by atoms with Gasteiger partial charge in [-0.1, -0.05) is 22.0 Å². The maximum atomic E-state index is 12.0. The summed E-state index contributed by atoms with van der Waals surface area (Å²) in [5.41, 5.74) is 2.33. The Kier molecular flexibility index (Phi) is 4.64. The van der Waals surface area contributed by atoms with E-state index in [1.165, 1.54) is 5.56 Å². The molecule has 1 aromatic rings. The molecule has 1 aliphatic rings. The van der Waals surface area contributed by atoms with Gasteiger partial charge in [0.1, 0.15) is 5.75 Å². The number of amides is 1. The van der Waals surface area contributed by atoms with E-state index >= 15 is 0 Å². The topological polar surface area (TPSA) is 40.5 Å². The molecule has 0 radical (unpaired) electrons. The fourth-order valence-corrected chi connectivity index (χ4v) is 2.68. The first kappa shape index (κ1) is 13.4. The Labute approximate surface area is 116 Å².